The van der Waals surface area contributed by atoms with E-state index in [0.29, 0.717) is 11.7 Å². The number of benzene rings is 1. The van der Waals surface area contributed by atoms with Crippen LogP contribution in [0.3, 0.4) is 0 Å². The highest BCUT2D eigenvalue weighted by Crippen LogP contribution is 2.38. The van der Waals surface area contributed by atoms with Gasteiger partial charge in [-0.05, 0) is 31.9 Å². The van der Waals surface area contributed by atoms with Crippen LogP contribution in [0.4, 0.5) is 5.69 Å². The molecule has 1 heterocycles. The Hall–Kier alpha value is -1.92. The van der Waals surface area contributed by atoms with Crippen molar-refractivity contribution in [2.45, 2.75) is 38.6 Å². The lowest BCUT2D eigenvalue weighted by atomic mass is 10.0. The molecule has 4 N–H and O–H groups in total. The second kappa shape index (κ2) is 7.10. The average molecular weight is 336 g/mol. The largest absolute Gasteiger partial charge is 0.327 e. The van der Waals surface area contributed by atoms with Crippen LogP contribution in [0.5, 0.6) is 0 Å². The quantitative estimate of drug-likeness (QED) is 0.782. The van der Waals surface area contributed by atoms with E-state index in [-0.39, 0.29) is 30.3 Å². The molecule has 0 saturated heterocycles. The fourth-order valence-electron chi connectivity index (χ4n) is 2.17. The summed E-state index contributed by atoms with van der Waals surface area (Å²) < 4.78 is 0. The lowest BCUT2D eigenvalue weighted by molar-refractivity contribution is -0.119. The molecule has 2 aromatic rings. The third-order valence-electron chi connectivity index (χ3n) is 4.06. The maximum atomic E-state index is 12.1. The molecule has 0 spiro atoms. The van der Waals surface area contributed by atoms with Crippen LogP contribution in [0, 0.1) is 5.92 Å². The fraction of sp³-hybridized carbons (Fsp3) is 0.438. The molecule has 1 aliphatic carbocycles. The second-order valence-corrected chi connectivity index (χ2v) is 6.04. The Balaban J connectivity index is 0.00000192. The number of nitrogens with one attached hydrogen (secondary N) is 2. The maximum Gasteiger partial charge on any atom is 0.228 e. The van der Waals surface area contributed by atoms with E-state index in [1.54, 1.807) is 0 Å². The van der Waals surface area contributed by atoms with Gasteiger partial charge in [-0.25, -0.2) is 4.98 Å². The van der Waals surface area contributed by atoms with Crippen LogP contribution in [0.1, 0.15) is 38.4 Å². The summed E-state index contributed by atoms with van der Waals surface area (Å²) in [4.78, 5) is 16.6. The van der Waals surface area contributed by atoms with E-state index in [1.165, 1.54) is 12.8 Å². The van der Waals surface area contributed by atoms with Crippen LogP contribution in [-0.4, -0.2) is 27.1 Å². The number of rotatable bonds is 5. The number of halogens is 1. The Kier molecular flexibility index (Phi) is 5.38. The third kappa shape index (κ3) is 4.09. The van der Waals surface area contributed by atoms with Crippen molar-refractivity contribution in [1.82, 2.24) is 15.2 Å². The third-order valence-corrected chi connectivity index (χ3v) is 4.06. The second-order valence-electron chi connectivity index (χ2n) is 6.04. The number of carbonyl (C=O) groups is 1. The zero-order valence-electron chi connectivity index (χ0n) is 13.2. The number of anilines is 1. The molecule has 1 fully saturated rings. The van der Waals surface area contributed by atoms with Crippen molar-refractivity contribution in [2.75, 3.05) is 5.32 Å². The molecule has 0 radical (unpaired) electrons. The normalized spacial score (nSPS) is 16.3. The van der Waals surface area contributed by atoms with Crippen LogP contribution in [-0.2, 0) is 4.79 Å². The highest BCUT2D eigenvalue weighted by atomic mass is 35.5. The lowest BCUT2D eigenvalue weighted by Gasteiger charge is -2.15. The van der Waals surface area contributed by atoms with Gasteiger partial charge in [0.25, 0.3) is 0 Å². The van der Waals surface area contributed by atoms with Crippen LogP contribution < -0.4 is 11.1 Å². The van der Waals surface area contributed by atoms with Gasteiger partial charge < -0.3 is 11.1 Å². The van der Waals surface area contributed by atoms with E-state index in [1.807, 2.05) is 38.1 Å². The molecule has 1 aliphatic rings. The van der Waals surface area contributed by atoms with Crippen molar-refractivity contribution in [2.24, 2.45) is 11.7 Å². The van der Waals surface area contributed by atoms with Gasteiger partial charge >= 0.3 is 0 Å². The summed E-state index contributed by atoms with van der Waals surface area (Å²) >= 11 is 0. The minimum absolute atomic E-state index is 0. The molecule has 0 aliphatic heterocycles. The predicted octanol–water partition coefficient (Wildman–Crippen LogP) is 2.69. The topological polar surface area (TPSA) is 96.7 Å². The van der Waals surface area contributed by atoms with Gasteiger partial charge in [-0.15, -0.1) is 12.4 Å². The maximum absolute atomic E-state index is 12.1. The number of nitrogens with two attached hydrogens (primary N) is 1. The Morgan fingerprint density at radius 2 is 2.13 bits per heavy atom. The monoisotopic (exact) mass is 335 g/mol. The van der Waals surface area contributed by atoms with E-state index >= 15 is 0 Å². The smallest absolute Gasteiger partial charge is 0.228 e. The predicted molar refractivity (Wildman–Crippen MR) is 92.5 cm³/mol. The number of hydrogen-bond donors (Lipinski definition) is 3. The lowest BCUT2D eigenvalue weighted by Crippen LogP contribution is -2.34. The fourth-order valence-corrected chi connectivity index (χ4v) is 2.17. The Morgan fingerprint density at radius 1 is 1.39 bits per heavy atom. The molecule has 1 aromatic carbocycles. The van der Waals surface area contributed by atoms with E-state index in [0.717, 1.165) is 17.1 Å². The SMILES string of the molecule is CC(N)C(C)C(=O)Nc1cccc(-c2n[nH]c(C3CC3)n2)c1.Cl. The molecule has 0 bridgehead atoms. The molecule has 3 rings (SSSR count). The number of amides is 1. The van der Waals surface area contributed by atoms with E-state index in [4.69, 9.17) is 5.73 Å². The van der Waals surface area contributed by atoms with Crippen LogP contribution in [0.2, 0.25) is 0 Å². The van der Waals surface area contributed by atoms with Gasteiger partial charge in [0, 0.05) is 23.2 Å². The van der Waals surface area contributed by atoms with Crippen LogP contribution >= 0.6 is 12.4 Å². The molecule has 1 aromatic heterocycles. The summed E-state index contributed by atoms with van der Waals surface area (Å²) in [5, 5.41) is 10.1. The van der Waals surface area contributed by atoms with Gasteiger partial charge in [0.15, 0.2) is 5.82 Å². The summed E-state index contributed by atoms with van der Waals surface area (Å²) in [7, 11) is 0. The number of aromatic amines is 1. The molecular formula is C16H22ClN5O. The Labute approximate surface area is 141 Å². The van der Waals surface area contributed by atoms with Gasteiger partial charge in [-0.1, -0.05) is 19.1 Å². The zero-order valence-corrected chi connectivity index (χ0v) is 14.1. The minimum Gasteiger partial charge on any atom is -0.327 e. The highest BCUT2D eigenvalue weighted by molar-refractivity contribution is 5.93. The molecule has 124 valence electrons. The summed E-state index contributed by atoms with van der Waals surface area (Å²) in [5.74, 6) is 1.83. The number of hydrogen-bond acceptors (Lipinski definition) is 4. The van der Waals surface area contributed by atoms with Crippen molar-refractivity contribution < 1.29 is 4.79 Å². The molecule has 6 nitrogen and oxygen atoms in total. The van der Waals surface area contributed by atoms with Crippen molar-refractivity contribution in [1.29, 1.82) is 0 Å². The number of carbonyl (C=O) groups excluding carboxylic acids is 1. The summed E-state index contributed by atoms with van der Waals surface area (Å²) in [6.45, 7) is 3.65. The van der Waals surface area contributed by atoms with E-state index in [9.17, 15) is 4.79 Å². The number of nitrogens with zero attached hydrogens (tertiary/aromatic N) is 2. The molecule has 7 heteroatoms. The summed E-state index contributed by atoms with van der Waals surface area (Å²) in [5.41, 5.74) is 7.38. The summed E-state index contributed by atoms with van der Waals surface area (Å²) in [6, 6.07) is 7.37. The van der Waals surface area contributed by atoms with Gasteiger partial charge in [0.2, 0.25) is 5.91 Å². The van der Waals surface area contributed by atoms with Gasteiger partial charge in [0.05, 0.1) is 5.92 Å². The van der Waals surface area contributed by atoms with Gasteiger partial charge in [-0.2, -0.15) is 5.10 Å². The minimum atomic E-state index is -0.242. The Bertz CT molecular complexity index is 681. The summed E-state index contributed by atoms with van der Waals surface area (Å²) in [6.07, 6.45) is 2.36. The number of H-pyrrole nitrogens is 1. The zero-order chi connectivity index (χ0) is 15.7. The van der Waals surface area contributed by atoms with Gasteiger partial charge in [-0.3, -0.25) is 9.89 Å². The number of aromatic nitrogens is 3. The standard InChI is InChI=1S/C16H21N5O.ClH/c1-9(10(2)17)16(22)18-13-5-3-4-12(8-13)15-19-14(20-21-15)11-6-7-11;/h3-5,8-11H,6-7,17H2,1-2H3,(H,18,22)(H,19,20,21);1H. The first-order valence-electron chi connectivity index (χ1n) is 7.64. The molecular weight excluding hydrogens is 314 g/mol. The average Bonchev–Trinajstić information content (AvgIpc) is 3.24. The van der Waals surface area contributed by atoms with Crippen molar-refractivity contribution >= 4 is 24.0 Å². The highest BCUT2D eigenvalue weighted by Gasteiger charge is 2.27. The van der Waals surface area contributed by atoms with Crippen LogP contribution in [0.15, 0.2) is 24.3 Å². The van der Waals surface area contributed by atoms with Crippen LogP contribution in [0.25, 0.3) is 11.4 Å². The molecule has 1 amide bonds. The van der Waals surface area contributed by atoms with Crippen molar-refractivity contribution in [3.8, 4) is 11.4 Å². The van der Waals surface area contributed by atoms with Crippen molar-refractivity contribution in [3.63, 3.8) is 0 Å². The molecule has 2 unspecified atom stereocenters. The van der Waals surface area contributed by atoms with Crippen molar-refractivity contribution in [3.05, 3.63) is 30.1 Å². The first-order chi connectivity index (χ1) is 10.5. The Morgan fingerprint density at radius 3 is 2.78 bits per heavy atom. The molecule has 23 heavy (non-hydrogen) atoms. The molecule has 2 atom stereocenters. The first kappa shape index (κ1) is 17.4. The van der Waals surface area contributed by atoms with Gasteiger partial charge in [0.1, 0.15) is 5.82 Å². The van der Waals surface area contributed by atoms with E-state index < -0.39 is 0 Å². The van der Waals surface area contributed by atoms with E-state index in [2.05, 4.69) is 20.5 Å². The first-order valence-corrected chi connectivity index (χ1v) is 7.64. The molecule has 1 saturated carbocycles.